The summed E-state index contributed by atoms with van der Waals surface area (Å²) < 4.78 is 29.0. The average molecular weight is 536 g/mol. The first-order chi connectivity index (χ1) is 18.2. The van der Waals surface area contributed by atoms with Crippen molar-refractivity contribution in [2.24, 2.45) is 0 Å². The maximum Gasteiger partial charge on any atom is 0.264 e. The number of carbonyl (C=O) groups is 2. The Kier molecular flexibility index (Phi) is 10.1. The molecule has 0 saturated carbocycles. The number of hydrogen-bond donors (Lipinski definition) is 1. The second kappa shape index (κ2) is 13.2. The Bertz CT molecular complexity index is 1310. The molecule has 1 atom stereocenters. The third kappa shape index (κ3) is 7.01. The van der Waals surface area contributed by atoms with Crippen LogP contribution in [-0.4, -0.2) is 43.8 Å². The first kappa shape index (κ1) is 28.9. The van der Waals surface area contributed by atoms with Gasteiger partial charge in [0.05, 0.1) is 10.6 Å². The van der Waals surface area contributed by atoms with Crippen LogP contribution < -0.4 is 9.62 Å². The van der Waals surface area contributed by atoms with Crippen molar-refractivity contribution in [3.63, 3.8) is 0 Å². The van der Waals surface area contributed by atoms with Crippen molar-refractivity contribution in [2.45, 2.75) is 64.1 Å². The lowest BCUT2D eigenvalue weighted by atomic mass is 10.1. The largest absolute Gasteiger partial charge is 0.352 e. The van der Waals surface area contributed by atoms with Gasteiger partial charge in [-0.3, -0.25) is 13.9 Å². The SMILES string of the molecule is CCc1ccccc1N(CC(=O)N(Cc1ccccc1)C(CC)C(=O)NC(C)C)S(=O)(=O)c1ccccc1. The van der Waals surface area contributed by atoms with Crippen LogP contribution in [0, 0.1) is 0 Å². The zero-order chi connectivity index (χ0) is 27.7. The van der Waals surface area contributed by atoms with Crippen molar-refractivity contribution >= 4 is 27.5 Å². The highest BCUT2D eigenvalue weighted by atomic mass is 32.2. The first-order valence-corrected chi connectivity index (χ1v) is 14.4. The van der Waals surface area contributed by atoms with Crippen molar-refractivity contribution < 1.29 is 18.0 Å². The lowest BCUT2D eigenvalue weighted by Gasteiger charge is -2.34. The maximum absolute atomic E-state index is 14.0. The molecule has 2 amide bonds. The molecule has 1 N–H and O–H groups in total. The van der Waals surface area contributed by atoms with Crippen molar-refractivity contribution in [3.8, 4) is 0 Å². The van der Waals surface area contributed by atoms with E-state index < -0.39 is 28.5 Å². The van der Waals surface area contributed by atoms with E-state index in [0.717, 1.165) is 11.1 Å². The van der Waals surface area contributed by atoms with Crippen LogP contribution in [0.1, 0.15) is 45.2 Å². The average Bonchev–Trinajstić information content (AvgIpc) is 2.92. The molecule has 0 fully saturated rings. The van der Waals surface area contributed by atoms with Crippen LogP contribution in [0.4, 0.5) is 5.69 Å². The summed E-state index contributed by atoms with van der Waals surface area (Å²) in [7, 11) is -4.07. The van der Waals surface area contributed by atoms with E-state index in [4.69, 9.17) is 0 Å². The van der Waals surface area contributed by atoms with Gasteiger partial charge in [-0.1, -0.05) is 80.6 Å². The normalized spacial score (nSPS) is 12.1. The van der Waals surface area contributed by atoms with Gasteiger partial charge in [-0.05, 0) is 56.0 Å². The molecule has 202 valence electrons. The number of nitrogens with zero attached hydrogens (tertiary/aromatic N) is 2. The molecule has 0 saturated heterocycles. The summed E-state index contributed by atoms with van der Waals surface area (Å²) in [5.74, 6) is -0.719. The van der Waals surface area contributed by atoms with Crippen LogP contribution >= 0.6 is 0 Å². The molecule has 0 heterocycles. The van der Waals surface area contributed by atoms with Crippen molar-refractivity contribution in [2.75, 3.05) is 10.8 Å². The summed E-state index contributed by atoms with van der Waals surface area (Å²) in [6, 6.07) is 23.8. The zero-order valence-electron chi connectivity index (χ0n) is 22.5. The standard InChI is InChI=1S/C30H37N3O4S/c1-5-25-17-13-14-20-28(25)33(38(36,37)26-18-11-8-12-19-26)22-29(34)32(21-24-15-9-7-10-16-24)27(6-2)30(35)31-23(3)4/h7-20,23,27H,5-6,21-22H2,1-4H3,(H,31,35). The van der Waals surface area contributed by atoms with Gasteiger partial charge < -0.3 is 10.2 Å². The molecule has 3 aromatic rings. The number of benzene rings is 3. The lowest BCUT2D eigenvalue weighted by molar-refractivity contribution is -0.140. The Labute approximate surface area is 226 Å². The van der Waals surface area contributed by atoms with E-state index in [1.54, 1.807) is 30.3 Å². The van der Waals surface area contributed by atoms with Gasteiger partial charge in [0.1, 0.15) is 12.6 Å². The van der Waals surface area contributed by atoms with Crippen LogP contribution in [0.5, 0.6) is 0 Å². The molecule has 3 aromatic carbocycles. The maximum atomic E-state index is 14.0. The van der Waals surface area contributed by atoms with Crippen molar-refractivity contribution in [1.29, 1.82) is 0 Å². The van der Waals surface area contributed by atoms with E-state index in [1.807, 2.05) is 70.2 Å². The van der Waals surface area contributed by atoms with Gasteiger partial charge in [0.15, 0.2) is 0 Å². The summed E-state index contributed by atoms with van der Waals surface area (Å²) in [6.07, 6.45) is 0.974. The number of nitrogens with one attached hydrogen (secondary N) is 1. The fraction of sp³-hybridized carbons (Fsp3) is 0.333. The molecule has 0 spiro atoms. The quantitative estimate of drug-likeness (QED) is 0.362. The minimum absolute atomic E-state index is 0.0953. The number of anilines is 1. The summed E-state index contributed by atoms with van der Waals surface area (Å²) in [6.45, 7) is 7.26. The molecule has 0 radical (unpaired) electrons. The van der Waals surface area contributed by atoms with Crippen LogP contribution in [0.3, 0.4) is 0 Å². The second-order valence-corrected chi connectivity index (χ2v) is 11.3. The number of aryl methyl sites for hydroxylation is 1. The zero-order valence-corrected chi connectivity index (χ0v) is 23.3. The highest BCUT2D eigenvalue weighted by Crippen LogP contribution is 2.28. The van der Waals surface area contributed by atoms with E-state index in [-0.39, 0.29) is 23.4 Å². The third-order valence-electron chi connectivity index (χ3n) is 6.26. The molecular formula is C30H37N3O4S. The molecule has 8 heteroatoms. The van der Waals surface area contributed by atoms with Gasteiger partial charge in [0.25, 0.3) is 10.0 Å². The van der Waals surface area contributed by atoms with Gasteiger partial charge in [-0.2, -0.15) is 0 Å². The molecule has 0 aliphatic heterocycles. The molecule has 0 aliphatic rings. The summed E-state index contributed by atoms with van der Waals surface area (Å²) >= 11 is 0. The fourth-order valence-corrected chi connectivity index (χ4v) is 5.84. The number of sulfonamides is 1. The molecule has 7 nitrogen and oxygen atoms in total. The van der Waals surface area contributed by atoms with Crippen molar-refractivity contribution in [1.82, 2.24) is 10.2 Å². The molecule has 1 unspecified atom stereocenters. The van der Waals surface area contributed by atoms with Gasteiger partial charge in [-0.15, -0.1) is 0 Å². The summed E-state index contributed by atoms with van der Waals surface area (Å²) in [5, 5.41) is 2.91. The van der Waals surface area contributed by atoms with E-state index in [2.05, 4.69) is 5.32 Å². The summed E-state index contributed by atoms with van der Waals surface area (Å²) in [5.41, 5.74) is 2.11. The highest BCUT2D eigenvalue weighted by Gasteiger charge is 2.34. The lowest BCUT2D eigenvalue weighted by Crippen LogP contribution is -2.53. The van der Waals surface area contributed by atoms with Crippen molar-refractivity contribution in [3.05, 3.63) is 96.1 Å². The number of para-hydroxylation sites is 1. The number of rotatable bonds is 12. The Balaban J connectivity index is 2.08. The third-order valence-corrected chi connectivity index (χ3v) is 8.04. The Hall–Kier alpha value is -3.65. The molecule has 38 heavy (non-hydrogen) atoms. The van der Waals surface area contributed by atoms with E-state index >= 15 is 0 Å². The monoisotopic (exact) mass is 535 g/mol. The number of hydrogen-bond acceptors (Lipinski definition) is 4. The van der Waals surface area contributed by atoms with Gasteiger partial charge >= 0.3 is 0 Å². The first-order valence-electron chi connectivity index (χ1n) is 13.0. The van der Waals surface area contributed by atoms with Crippen LogP contribution in [-0.2, 0) is 32.6 Å². The Morgan fingerprint density at radius 1 is 0.842 bits per heavy atom. The minimum Gasteiger partial charge on any atom is -0.352 e. The topological polar surface area (TPSA) is 86.8 Å². The Morgan fingerprint density at radius 2 is 1.42 bits per heavy atom. The molecule has 3 rings (SSSR count). The van der Waals surface area contributed by atoms with E-state index in [1.165, 1.54) is 21.3 Å². The predicted molar refractivity (Wildman–Crippen MR) is 151 cm³/mol. The minimum atomic E-state index is -4.07. The predicted octanol–water partition coefficient (Wildman–Crippen LogP) is 4.78. The Morgan fingerprint density at radius 3 is 2.00 bits per heavy atom. The van der Waals surface area contributed by atoms with Crippen LogP contribution in [0.2, 0.25) is 0 Å². The molecular weight excluding hydrogens is 498 g/mol. The van der Waals surface area contributed by atoms with Crippen LogP contribution in [0.15, 0.2) is 89.8 Å². The fourth-order valence-electron chi connectivity index (χ4n) is 4.37. The van der Waals surface area contributed by atoms with E-state index in [9.17, 15) is 18.0 Å². The summed E-state index contributed by atoms with van der Waals surface area (Å²) in [4.78, 5) is 28.8. The smallest absolute Gasteiger partial charge is 0.264 e. The number of amides is 2. The van der Waals surface area contributed by atoms with E-state index in [0.29, 0.717) is 18.5 Å². The van der Waals surface area contributed by atoms with Gasteiger partial charge in [0, 0.05) is 12.6 Å². The molecule has 0 bridgehead atoms. The molecule has 0 aliphatic carbocycles. The van der Waals surface area contributed by atoms with Crippen LogP contribution in [0.25, 0.3) is 0 Å². The highest BCUT2D eigenvalue weighted by molar-refractivity contribution is 7.92. The molecule has 0 aromatic heterocycles. The van der Waals surface area contributed by atoms with Gasteiger partial charge in [-0.25, -0.2) is 8.42 Å². The second-order valence-electron chi connectivity index (χ2n) is 9.40. The van der Waals surface area contributed by atoms with Gasteiger partial charge in [0.2, 0.25) is 11.8 Å². The number of carbonyl (C=O) groups excluding carboxylic acids is 2.